The largest absolute Gasteiger partial charge is 0.464 e. The fourth-order valence-corrected chi connectivity index (χ4v) is 1.11. The molecule has 0 radical (unpaired) electrons. The van der Waals surface area contributed by atoms with E-state index < -0.39 is 41.3 Å². The van der Waals surface area contributed by atoms with Crippen molar-refractivity contribution >= 4 is 5.97 Å². The van der Waals surface area contributed by atoms with Gasteiger partial charge in [0.25, 0.3) is 6.43 Å². The average Bonchev–Trinajstić information content (AvgIpc) is 2.26. The number of halogens is 6. The van der Waals surface area contributed by atoms with Crippen molar-refractivity contribution in [1.82, 2.24) is 4.98 Å². The lowest BCUT2D eigenvalue weighted by Gasteiger charge is -2.12. The Morgan fingerprint density at radius 1 is 1.39 bits per heavy atom. The Labute approximate surface area is 96.4 Å². The van der Waals surface area contributed by atoms with Gasteiger partial charge in [-0.25, -0.2) is 22.9 Å². The van der Waals surface area contributed by atoms with Gasteiger partial charge in [0, 0.05) is 0 Å². The number of carbonyl (C=O) groups excluding carboxylic acids is 1. The summed E-state index contributed by atoms with van der Waals surface area (Å²) in [6.45, 7) is 0. The zero-order valence-corrected chi connectivity index (χ0v) is 8.69. The molecule has 0 saturated carbocycles. The van der Waals surface area contributed by atoms with Crippen molar-refractivity contribution in [2.24, 2.45) is 0 Å². The molecule has 0 saturated heterocycles. The summed E-state index contributed by atoms with van der Waals surface area (Å²) >= 11 is 0. The van der Waals surface area contributed by atoms with E-state index in [2.05, 4.69) is 9.72 Å². The van der Waals surface area contributed by atoms with Gasteiger partial charge in [-0.1, -0.05) is 0 Å². The monoisotopic (exact) mass is 273 g/mol. The van der Waals surface area contributed by atoms with Crippen LogP contribution in [0.25, 0.3) is 0 Å². The molecule has 100 valence electrons. The van der Waals surface area contributed by atoms with Crippen molar-refractivity contribution in [2.75, 3.05) is 7.11 Å². The van der Waals surface area contributed by atoms with Gasteiger partial charge in [-0.15, -0.1) is 0 Å². The highest BCUT2D eigenvalue weighted by molar-refractivity contribution is 5.87. The first kappa shape index (κ1) is 14.3. The number of carbonyl (C=O) groups is 1. The minimum absolute atomic E-state index is 0.0209. The van der Waals surface area contributed by atoms with Gasteiger partial charge in [0.2, 0.25) is 0 Å². The maximum absolute atomic E-state index is 13.2. The van der Waals surface area contributed by atoms with Gasteiger partial charge < -0.3 is 4.74 Å². The lowest BCUT2D eigenvalue weighted by Crippen LogP contribution is -2.16. The van der Waals surface area contributed by atoms with Crippen LogP contribution < -0.4 is 0 Å². The van der Waals surface area contributed by atoms with Gasteiger partial charge in [0.05, 0.1) is 12.7 Å². The van der Waals surface area contributed by atoms with Gasteiger partial charge >= 0.3 is 12.1 Å². The number of rotatable bonds is 2. The van der Waals surface area contributed by atoms with Crippen LogP contribution in [0.5, 0.6) is 0 Å². The molecule has 0 amide bonds. The summed E-state index contributed by atoms with van der Waals surface area (Å²) in [4.78, 5) is 13.8. The molecular formula is C9H5F6NO2. The Kier molecular flexibility index (Phi) is 3.82. The van der Waals surface area contributed by atoms with Gasteiger partial charge in [0.15, 0.2) is 5.82 Å². The minimum Gasteiger partial charge on any atom is -0.464 e. The number of esters is 1. The van der Waals surface area contributed by atoms with Crippen molar-refractivity contribution < 1.29 is 35.9 Å². The SMILES string of the molecule is COC(=O)c1cc(C(F)(F)F)c(F)c(C(F)F)n1. The second-order valence-electron chi connectivity index (χ2n) is 3.04. The Morgan fingerprint density at radius 2 is 1.94 bits per heavy atom. The maximum atomic E-state index is 13.2. The summed E-state index contributed by atoms with van der Waals surface area (Å²) in [5.41, 5.74) is -4.78. The van der Waals surface area contributed by atoms with Crippen molar-refractivity contribution in [3.05, 3.63) is 28.8 Å². The highest BCUT2D eigenvalue weighted by Gasteiger charge is 2.38. The molecule has 0 aliphatic heterocycles. The Hall–Kier alpha value is -1.80. The van der Waals surface area contributed by atoms with Gasteiger partial charge in [-0.05, 0) is 6.07 Å². The lowest BCUT2D eigenvalue weighted by atomic mass is 10.1. The van der Waals surface area contributed by atoms with Crippen LogP contribution in [0, 0.1) is 5.82 Å². The first-order valence-electron chi connectivity index (χ1n) is 4.32. The minimum atomic E-state index is -5.22. The molecule has 0 atom stereocenters. The first-order valence-corrected chi connectivity index (χ1v) is 4.32. The van der Waals surface area contributed by atoms with Crippen LogP contribution in [0.1, 0.15) is 28.2 Å². The van der Waals surface area contributed by atoms with E-state index in [1.165, 1.54) is 0 Å². The fraction of sp³-hybridized carbons (Fsp3) is 0.333. The highest BCUT2D eigenvalue weighted by atomic mass is 19.4. The molecule has 0 N–H and O–H groups in total. The van der Waals surface area contributed by atoms with Crippen LogP contribution >= 0.6 is 0 Å². The molecule has 0 aliphatic rings. The van der Waals surface area contributed by atoms with E-state index in [-0.39, 0.29) is 6.07 Å². The van der Waals surface area contributed by atoms with Crippen molar-refractivity contribution in [3.63, 3.8) is 0 Å². The predicted molar refractivity (Wildman–Crippen MR) is 45.5 cm³/mol. The number of ether oxygens (including phenoxy) is 1. The Balaban J connectivity index is 3.52. The first-order chi connectivity index (χ1) is 8.18. The van der Waals surface area contributed by atoms with Crippen LogP contribution in [0.15, 0.2) is 6.07 Å². The van der Waals surface area contributed by atoms with Gasteiger partial charge in [-0.3, -0.25) is 0 Å². The van der Waals surface area contributed by atoms with E-state index in [9.17, 15) is 31.1 Å². The third-order valence-corrected chi connectivity index (χ3v) is 1.89. The molecule has 1 heterocycles. The topological polar surface area (TPSA) is 39.2 Å². The smallest absolute Gasteiger partial charge is 0.419 e. The second kappa shape index (κ2) is 4.83. The van der Waals surface area contributed by atoms with E-state index in [1.807, 2.05) is 0 Å². The summed E-state index contributed by atoms with van der Waals surface area (Å²) in [7, 11) is 0.822. The third-order valence-electron chi connectivity index (χ3n) is 1.89. The molecule has 3 nitrogen and oxygen atoms in total. The zero-order chi connectivity index (χ0) is 14.1. The molecular weight excluding hydrogens is 268 g/mol. The fourth-order valence-electron chi connectivity index (χ4n) is 1.11. The molecule has 0 bridgehead atoms. The van der Waals surface area contributed by atoms with Gasteiger partial charge in [0.1, 0.15) is 11.4 Å². The molecule has 0 fully saturated rings. The molecule has 1 rings (SSSR count). The lowest BCUT2D eigenvalue weighted by molar-refractivity contribution is -0.140. The normalized spacial score (nSPS) is 11.8. The standard InChI is InChI=1S/C9H5F6NO2/c1-18-8(17)4-2-3(9(13,14)15)5(10)6(16-4)7(11)12/h2,7H,1H3. The maximum Gasteiger partial charge on any atom is 0.419 e. The summed E-state index contributed by atoms with van der Waals surface area (Å²) in [6.07, 6.45) is -8.81. The van der Waals surface area contributed by atoms with E-state index in [0.717, 1.165) is 7.11 Å². The summed E-state index contributed by atoms with van der Waals surface area (Å²) in [6, 6.07) is 0.0209. The average molecular weight is 273 g/mol. The van der Waals surface area contributed by atoms with Crippen LogP contribution in [0.4, 0.5) is 26.3 Å². The molecule has 1 aromatic rings. The molecule has 0 aliphatic carbocycles. The predicted octanol–water partition coefficient (Wildman–Crippen LogP) is 2.96. The summed E-state index contributed by atoms with van der Waals surface area (Å²) in [5, 5.41) is 0. The van der Waals surface area contributed by atoms with E-state index in [1.54, 1.807) is 0 Å². The molecule has 9 heteroatoms. The second-order valence-corrected chi connectivity index (χ2v) is 3.04. The number of pyridine rings is 1. The number of hydrogen-bond donors (Lipinski definition) is 0. The molecule has 0 aromatic carbocycles. The molecule has 0 spiro atoms. The van der Waals surface area contributed by atoms with E-state index >= 15 is 0 Å². The van der Waals surface area contributed by atoms with Crippen LogP contribution in [0.2, 0.25) is 0 Å². The highest BCUT2D eigenvalue weighted by Crippen LogP contribution is 2.34. The zero-order valence-electron chi connectivity index (χ0n) is 8.69. The number of alkyl halides is 5. The van der Waals surface area contributed by atoms with E-state index in [0.29, 0.717) is 0 Å². The number of methoxy groups -OCH3 is 1. The van der Waals surface area contributed by atoms with Crippen LogP contribution in [-0.4, -0.2) is 18.1 Å². The van der Waals surface area contributed by atoms with Crippen molar-refractivity contribution in [1.29, 1.82) is 0 Å². The quantitative estimate of drug-likeness (QED) is 0.614. The van der Waals surface area contributed by atoms with Crippen LogP contribution in [0.3, 0.4) is 0 Å². The van der Waals surface area contributed by atoms with Crippen LogP contribution in [-0.2, 0) is 10.9 Å². The summed E-state index contributed by atoms with van der Waals surface area (Å²) < 4.78 is 79.0. The number of hydrogen-bond acceptors (Lipinski definition) is 3. The molecule has 1 aromatic heterocycles. The van der Waals surface area contributed by atoms with E-state index in [4.69, 9.17) is 0 Å². The Bertz CT molecular complexity index is 471. The van der Waals surface area contributed by atoms with Crippen molar-refractivity contribution in [3.8, 4) is 0 Å². The third kappa shape index (κ3) is 2.71. The molecule has 18 heavy (non-hydrogen) atoms. The molecule has 0 unspecified atom stereocenters. The van der Waals surface area contributed by atoms with Gasteiger partial charge in [-0.2, -0.15) is 13.2 Å². The number of aromatic nitrogens is 1. The van der Waals surface area contributed by atoms with Crippen molar-refractivity contribution in [2.45, 2.75) is 12.6 Å². The Morgan fingerprint density at radius 3 is 2.33 bits per heavy atom. The number of nitrogens with zero attached hydrogens (tertiary/aromatic N) is 1. The summed E-state index contributed by atoms with van der Waals surface area (Å²) in [5.74, 6) is -3.58.